The molecule has 1 aliphatic carbocycles. The Morgan fingerprint density at radius 3 is 2.87 bits per heavy atom. The summed E-state index contributed by atoms with van der Waals surface area (Å²) in [6.07, 6.45) is 1.37. The molecule has 2 rings (SSSR count). The van der Waals surface area contributed by atoms with E-state index in [-0.39, 0.29) is 0 Å². The van der Waals surface area contributed by atoms with Gasteiger partial charge in [-0.15, -0.1) is 0 Å². The molecule has 0 spiro atoms. The van der Waals surface area contributed by atoms with E-state index in [0.29, 0.717) is 0 Å². The summed E-state index contributed by atoms with van der Waals surface area (Å²) in [4.78, 5) is 6.76. The zero-order valence-electron chi connectivity index (χ0n) is 9.70. The second kappa shape index (κ2) is 4.09. The molecule has 15 heavy (non-hydrogen) atoms. The third kappa shape index (κ3) is 2.41. The Labute approximate surface area is 91.5 Å². The molecule has 1 saturated carbocycles. The van der Waals surface area contributed by atoms with E-state index in [4.69, 9.17) is 0 Å². The maximum Gasteiger partial charge on any atom is 0.130 e. The highest BCUT2D eigenvalue weighted by atomic mass is 15.2. The summed E-state index contributed by atoms with van der Waals surface area (Å²) in [5.74, 6) is 3.76. The average Bonchev–Trinajstić information content (AvgIpc) is 2.94. The second-order valence-corrected chi connectivity index (χ2v) is 4.48. The fourth-order valence-corrected chi connectivity index (χ4v) is 1.87. The van der Waals surface area contributed by atoms with Crippen LogP contribution in [0.4, 0.5) is 11.6 Å². The fourth-order valence-electron chi connectivity index (χ4n) is 1.87. The van der Waals surface area contributed by atoms with E-state index in [1.165, 1.54) is 6.42 Å². The third-order valence-electron chi connectivity index (χ3n) is 3.17. The van der Waals surface area contributed by atoms with E-state index in [0.717, 1.165) is 30.0 Å². The van der Waals surface area contributed by atoms with Crippen LogP contribution in [0.25, 0.3) is 0 Å². The lowest BCUT2D eigenvalue weighted by Crippen LogP contribution is -2.21. The molecule has 0 bridgehead atoms. The molecule has 0 amide bonds. The van der Waals surface area contributed by atoms with Crippen LogP contribution in [0.5, 0.6) is 0 Å². The van der Waals surface area contributed by atoms with Crippen LogP contribution in [-0.2, 0) is 0 Å². The van der Waals surface area contributed by atoms with Crippen LogP contribution in [0.2, 0.25) is 0 Å². The Hall–Kier alpha value is -1.25. The summed E-state index contributed by atoms with van der Waals surface area (Å²) in [6, 6.07) is 6.09. The van der Waals surface area contributed by atoms with E-state index in [1.807, 2.05) is 19.2 Å². The van der Waals surface area contributed by atoms with E-state index in [2.05, 4.69) is 35.2 Å². The van der Waals surface area contributed by atoms with Crippen molar-refractivity contribution in [3.8, 4) is 0 Å². The summed E-state index contributed by atoms with van der Waals surface area (Å²) >= 11 is 0. The van der Waals surface area contributed by atoms with E-state index >= 15 is 0 Å². The number of aromatic nitrogens is 1. The molecule has 1 N–H and O–H groups in total. The quantitative estimate of drug-likeness (QED) is 0.817. The van der Waals surface area contributed by atoms with E-state index < -0.39 is 0 Å². The van der Waals surface area contributed by atoms with Crippen LogP contribution in [0.3, 0.4) is 0 Å². The van der Waals surface area contributed by atoms with Gasteiger partial charge in [-0.25, -0.2) is 4.98 Å². The first-order valence-corrected chi connectivity index (χ1v) is 5.56. The molecular weight excluding hydrogens is 186 g/mol. The molecule has 0 aliphatic heterocycles. The molecule has 1 aromatic rings. The lowest BCUT2D eigenvalue weighted by Gasteiger charge is -2.18. The SMILES string of the molecule is CNc1cccc(N(C)CC2CC2C)n1. The van der Waals surface area contributed by atoms with Crippen molar-refractivity contribution in [1.29, 1.82) is 0 Å². The maximum absolute atomic E-state index is 4.51. The molecule has 1 fully saturated rings. The average molecular weight is 205 g/mol. The molecule has 3 heteroatoms. The van der Waals surface area contributed by atoms with Gasteiger partial charge in [0.15, 0.2) is 0 Å². The first kappa shape index (κ1) is 10.3. The van der Waals surface area contributed by atoms with Crippen molar-refractivity contribution < 1.29 is 0 Å². The van der Waals surface area contributed by atoms with Gasteiger partial charge >= 0.3 is 0 Å². The van der Waals surface area contributed by atoms with Crippen molar-refractivity contribution in [3.63, 3.8) is 0 Å². The zero-order chi connectivity index (χ0) is 10.8. The van der Waals surface area contributed by atoms with Gasteiger partial charge in [0.2, 0.25) is 0 Å². The minimum Gasteiger partial charge on any atom is -0.373 e. The van der Waals surface area contributed by atoms with E-state index in [9.17, 15) is 0 Å². The van der Waals surface area contributed by atoms with Crippen molar-refractivity contribution in [3.05, 3.63) is 18.2 Å². The standard InChI is InChI=1S/C12H19N3/c1-9-7-10(9)8-15(3)12-6-4-5-11(13-2)14-12/h4-6,9-10H,7-8H2,1-3H3,(H,13,14). The topological polar surface area (TPSA) is 28.2 Å². The maximum atomic E-state index is 4.51. The summed E-state index contributed by atoms with van der Waals surface area (Å²) in [5.41, 5.74) is 0. The van der Waals surface area contributed by atoms with E-state index in [1.54, 1.807) is 0 Å². The summed E-state index contributed by atoms with van der Waals surface area (Å²) in [6.45, 7) is 3.44. The highest BCUT2D eigenvalue weighted by Gasteiger charge is 2.33. The Kier molecular flexibility index (Phi) is 2.80. The molecule has 2 atom stereocenters. The zero-order valence-corrected chi connectivity index (χ0v) is 9.70. The number of nitrogens with one attached hydrogen (secondary N) is 1. The van der Waals surface area contributed by atoms with Crippen molar-refractivity contribution in [2.75, 3.05) is 30.9 Å². The molecular formula is C12H19N3. The number of anilines is 2. The minimum atomic E-state index is 0.870. The van der Waals surface area contributed by atoms with Crippen LogP contribution < -0.4 is 10.2 Å². The van der Waals surface area contributed by atoms with Crippen molar-refractivity contribution in [2.45, 2.75) is 13.3 Å². The molecule has 0 aromatic carbocycles. The van der Waals surface area contributed by atoms with Gasteiger partial charge in [0.25, 0.3) is 0 Å². The Morgan fingerprint density at radius 2 is 2.27 bits per heavy atom. The summed E-state index contributed by atoms with van der Waals surface area (Å²) in [7, 11) is 4.02. The Bertz CT molecular complexity index is 337. The van der Waals surface area contributed by atoms with Gasteiger partial charge < -0.3 is 10.2 Å². The van der Waals surface area contributed by atoms with Gasteiger partial charge in [-0.1, -0.05) is 13.0 Å². The molecule has 1 heterocycles. The fraction of sp³-hybridized carbons (Fsp3) is 0.583. The van der Waals surface area contributed by atoms with Crippen LogP contribution >= 0.6 is 0 Å². The summed E-state index contributed by atoms with van der Waals surface area (Å²) < 4.78 is 0. The predicted octanol–water partition coefficient (Wildman–Crippen LogP) is 2.22. The van der Waals surface area contributed by atoms with Gasteiger partial charge in [0.05, 0.1) is 0 Å². The molecule has 0 saturated heterocycles. The third-order valence-corrected chi connectivity index (χ3v) is 3.17. The minimum absolute atomic E-state index is 0.870. The number of hydrogen-bond acceptors (Lipinski definition) is 3. The smallest absolute Gasteiger partial charge is 0.130 e. The predicted molar refractivity (Wildman–Crippen MR) is 64.3 cm³/mol. The molecule has 2 unspecified atom stereocenters. The number of hydrogen-bond donors (Lipinski definition) is 1. The van der Waals surface area contributed by atoms with Gasteiger partial charge in [-0.05, 0) is 30.4 Å². The summed E-state index contributed by atoms with van der Waals surface area (Å²) in [5, 5.41) is 3.06. The van der Waals surface area contributed by atoms with Crippen LogP contribution in [0.15, 0.2) is 18.2 Å². The second-order valence-electron chi connectivity index (χ2n) is 4.48. The Morgan fingerprint density at radius 1 is 1.53 bits per heavy atom. The van der Waals surface area contributed by atoms with Crippen molar-refractivity contribution >= 4 is 11.6 Å². The number of nitrogens with zero attached hydrogens (tertiary/aromatic N) is 2. The van der Waals surface area contributed by atoms with Gasteiger partial charge in [-0.3, -0.25) is 0 Å². The molecule has 1 aromatic heterocycles. The lowest BCUT2D eigenvalue weighted by atomic mass is 10.3. The molecule has 1 aliphatic rings. The van der Waals surface area contributed by atoms with Crippen molar-refractivity contribution in [2.24, 2.45) is 11.8 Å². The number of pyridine rings is 1. The first-order chi connectivity index (χ1) is 7.20. The molecule has 82 valence electrons. The number of rotatable bonds is 4. The highest BCUT2D eigenvalue weighted by Crippen LogP contribution is 2.38. The van der Waals surface area contributed by atoms with Crippen LogP contribution in [0.1, 0.15) is 13.3 Å². The normalized spacial score (nSPS) is 23.7. The van der Waals surface area contributed by atoms with Crippen LogP contribution in [-0.4, -0.2) is 25.6 Å². The Balaban J connectivity index is 2.00. The van der Waals surface area contributed by atoms with Crippen LogP contribution in [0, 0.1) is 11.8 Å². The van der Waals surface area contributed by atoms with Gasteiger partial charge in [-0.2, -0.15) is 0 Å². The largest absolute Gasteiger partial charge is 0.373 e. The lowest BCUT2D eigenvalue weighted by molar-refractivity contribution is 0.720. The van der Waals surface area contributed by atoms with Gasteiger partial charge in [0.1, 0.15) is 11.6 Å². The highest BCUT2D eigenvalue weighted by molar-refractivity contribution is 5.46. The molecule has 0 radical (unpaired) electrons. The monoisotopic (exact) mass is 205 g/mol. The van der Waals surface area contributed by atoms with Crippen molar-refractivity contribution in [1.82, 2.24) is 4.98 Å². The molecule has 3 nitrogen and oxygen atoms in total. The first-order valence-electron chi connectivity index (χ1n) is 5.56. The van der Waals surface area contributed by atoms with Gasteiger partial charge in [0, 0.05) is 20.6 Å².